The fraction of sp³-hybridized carbons (Fsp3) is 0.571. The molecule has 1 aliphatic heterocycles. The molecule has 2 rings (SSSR count). The van der Waals surface area contributed by atoms with E-state index in [0.29, 0.717) is 5.92 Å². The second-order valence-corrected chi connectivity index (χ2v) is 5.31. The van der Waals surface area contributed by atoms with Crippen molar-refractivity contribution in [3.8, 4) is 5.75 Å². The number of rotatable bonds is 2. The fourth-order valence-electron chi connectivity index (χ4n) is 2.24. The van der Waals surface area contributed by atoms with Gasteiger partial charge in [-0.2, -0.15) is 0 Å². The third-order valence-electron chi connectivity index (χ3n) is 3.37. The second kappa shape index (κ2) is 4.22. The monoisotopic (exact) mass is 235 g/mol. The third-order valence-corrected chi connectivity index (χ3v) is 3.37. The molecule has 0 saturated carbocycles. The van der Waals surface area contributed by atoms with E-state index in [1.165, 1.54) is 11.1 Å². The summed E-state index contributed by atoms with van der Waals surface area (Å²) in [6, 6.07) is 4.27. The number of hydrogen-bond donors (Lipinski definition) is 2. The van der Waals surface area contributed by atoms with E-state index in [1.54, 1.807) is 14.0 Å². The molecule has 0 aliphatic carbocycles. The Morgan fingerprint density at radius 1 is 1.41 bits per heavy atom. The van der Waals surface area contributed by atoms with Crippen LogP contribution in [-0.4, -0.2) is 17.9 Å². The Hall–Kier alpha value is -1.22. The molecule has 1 aromatic carbocycles. The molecule has 0 saturated heterocycles. The van der Waals surface area contributed by atoms with Gasteiger partial charge in [-0.3, -0.25) is 0 Å². The Balaban J connectivity index is 2.48. The van der Waals surface area contributed by atoms with Gasteiger partial charge in [0.05, 0.1) is 12.8 Å². The van der Waals surface area contributed by atoms with E-state index in [4.69, 9.17) is 4.74 Å². The molecule has 0 amide bonds. The number of methoxy groups -OCH3 is 1. The Bertz CT molecular complexity index is 407. The van der Waals surface area contributed by atoms with Gasteiger partial charge in [0.15, 0.2) is 0 Å². The summed E-state index contributed by atoms with van der Waals surface area (Å²) in [5.41, 5.74) is 2.62. The normalized spacial score (nSPS) is 23.2. The maximum atomic E-state index is 10.1. The summed E-state index contributed by atoms with van der Waals surface area (Å²) >= 11 is 0. The van der Waals surface area contributed by atoms with E-state index in [0.717, 1.165) is 24.3 Å². The lowest BCUT2D eigenvalue weighted by Gasteiger charge is -2.33. The van der Waals surface area contributed by atoms with Gasteiger partial charge in [0, 0.05) is 0 Å². The average molecular weight is 235 g/mol. The van der Waals surface area contributed by atoms with Crippen LogP contribution in [0.2, 0.25) is 0 Å². The van der Waals surface area contributed by atoms with Gasteiger partial charge in [-0.25, -0.2) is 0 Å². The standard InChI is InChI=1S/C14H21NO2/c1-9(2)11-7-10-5-6-14(3,16)15-13(10)12(8-11)17-4/h7-9,15-16H,5-6H2,1-4H3. The van der Waals surface area contributed by atoms with Crippen LogP contribution in [0.1, 0.15) is 44.2 Å². The SMILES string of the molecule is COc1cc(C(C)C)cc2c1NC(C)(O)CC2. The largest absolute Gasteiger partial charge is 0.495 e. The predicted octanol–water partition coefficient (Wildman–Crippen LogP) is 2.89. The highest BCUT2D eigenvalue weighted by Crippen LogP contribution is 2.39. The topological polar surface area (TPSA) is 41.5 Å². The van der Waals surface area contributed by atoms with Crippen molar-refractivity contribution in [2.24, 2.45) is 0 Å². The molecular formula is C14H21NO2. The van der Waals surface area contributed by atoms with Crippen LogP contribution < -0.4 is 10.1 Å². The highest BCUT2D eigenvalue weighted by molar-refractivity contribution is 5.66. The molecule has 1 atom stereocenters. The number of benzene rings is 1. The molecule has 94 valence electrons. The van der Waals surface area contributed by atoms with Gasteiger partial charge in [0.25, 0.3) is 0 Å². The Morgan fingerprint density at radius 3 is 2.71 bits per heavy atom. The summed E-state index contributed by atoms with van der Waals surface area (Å²) in [5, 5.41) is 13.2. The second-order valence-electron chi connectivity index (χ2n) is 5.31. The summed E-state index contributed by atoms with van der Waals surface area (Å²) < 4.78 is 5.42. The Kier molecular flexibility index (Phi) is 3.04. The van der Waals surface area contributed by atoms with E-state index in [1.807, 2.05) is 0 Å². The van der Waals surface area contributed by atoms with Crippen LogP contribution in [0.5, 0.6) is 5.75 Å². The quantitative estimate of drug-likeness (QED) is 0.828. The Labute approximate surface area is 103 Å². The van der Waals surface area contributed by atoms with Gasteiger partial charge in [0.1, 0.15) is 11.5 Å². The number of aryl methyl sites for hydroxylation is 1. The van der Waals surface area contributed by atoms with Crippen molar-refractivity contribution in [1.82, 2.24) is 0 Å². The first-order valence-electron chi connectivity index (χ1n) is 6.14. The summed E-state index contributed by atoms with van der Waals surface area (Å²) in [6.45, 7) is 6.15. The van der Waals surface area contributed by atoms with Gasteiger partial charge in [-0.05, 0) is 42.9 Å². The first-order valence-corrected chi connectivity index (χ1v) is 6.14. The molecule has 3 heteroatoms. The smallest absolute Gasteiger partial charge is 0.142 e. The summed E-state index contributed by atoms with van der Waals surface area (Å²) in [5.74, 6) is 1.31. The molecule has 0 bridgehead atoms. The molecule has 0 fully saturated rings. The van der Waals surface area contributed by atoms with E-state index in [2.05, 4.69) is 31.3 Å². The zero-order chi connectivity index (χ0) is 12.6. The molecule has 1 aromatic rings. The maximum Gasteiger partial charge on any atom is 0.142 e. The number of nitrogens with one attached hydrogen (secondary N) is 1. The van der Waals surface area contributed by atoms with Gasteiger partial charge in [-0.1, -0.05) is 19.9 Å². The van der Waals surface area contributed by atoms with E-state index in [-0.39, 0.29) is 0 Å². The van der Waals surface area contributed by atoms with Crippen molar-refractivity contribution >= 4 is 5.69 Å². The van der Waals surface area contributed by atoms with Crippen molar-refractivity contribution in [2.75, 3.05) is 12.4 Å². The van der Waals surface area contributed by atoms with Crippen LogP contribution in [0.3, 0.4) is 0 Å². The third kappa shape index (κ3) is 2.39. The van der Waals surface area contributed by atoms with E-state index >= 15 is 0 Å². The predicted molar refractivity (Wildman–Crippen MR) is 69.7 cm³/mol. The van der Waals surface area contributed by atoms with Gasteiger partial charge < -0.3 is 15.2 Å². The van der Waals surface area contributed by atoms with Gasteiger partial charge in [0.2, 0.25) is 0 Å². The number of anilines is 1. The molecule has 3 nitrogen and oxygen atoms in total. The van der Waals surface area contributed by atoms with Crippen molar-refractivity contribution < 1.29 is 9.84 Å². The number of ether oxygens (including phenoxy) is 1. The first kappa shape index (κ1) is 12.2. The minimum atomic E-state index is -0.834. The van der Waals surface area contributed by atoms with E-state index < -0.39 is 5.72 Å². The lowest BCUT2D eigenvalue weighted by molar-refractivity contribution is 0.0767. The molecule has 0 spiro atoms. The fourth-order valence-corrected chi connectivity index (χ4v) is 2.24. The van der Waals surface area contributed by atoms with Crippen LogP contribution >= 0.6 is 0 Å². The minimum Gasteiger partial charge on any atom is -0.495 e. The molecule has 0 aromatic heterocycles. The van der Waals surface area contributed by atoms with Crippen molar-refractivity contribution in [1.29, 1.82) is 0 Å². The molecule has 2 N–H and O–H groups in total. The molecule has 1 unspecified atom stereocenters. The Morgan fingerprint density at radius 2 is 2.12 bits per heavy atom. The number of aliphatic hydroxyl groups is 1. The zero-order valence-corrected chi connectivity index (χ0v) is 11.0. The summed E-state index contributed by atoms with van der Waals surface area (Å²) in [7, 11) is 1.67. The summed E-state index contributed by atoms with van der Waals surface area (Å²) in [4.78, 5) is 0. The molecule has 0 radical (unpaired) electrons. The van der Waals surface area contributed by atoms with Crippen LogP contribution in [0.15, 0.2) is 12.1 Å². The van der Waals surface area contributed by atoms with Crippen LogP contribution in [0, 0.1) is 0 Å². The maximum absolute atomic E-state index is 10.1. The highest BCUT2D eigenvalue weighted by Gasteiger charge is 2.28. The minimum absolute atomic E-state index is 0.483. The van der Waals surface area contributed by atoms with Crippen LogP contribution in [0.25, 0.3) is 0 Å². The molecular weight excluding hydrogens is 214 g/mol. The first-order chi connectivity index (χ1) is 7.93. The number of hydrogen-bond acceptors (Lipinski definition) is 3. The highest BCUT2D eigenvalue weighted by atomic mass is 16.5. The van der Waals surface area contributed by atoms with E-state index in [9.17, 15) is 5.11 Å². The lowest BCUT2D eigenvalue weighted by Crippen LogP contribution is -2.38. The lowest BCUT2D eigenvalue weighted by atomic mass is 9.91. The van der Waals surface area contributed by atoms with Gasteiger partial charge >= 0.3 is 0 Å². The van der Waals surface area contributed by atoms with Crippen molar-refractivity contribution in [2.45, 2.75) is 45.3 Å². The molecule has 1 heterocycles. The molecule has 1 aliphatic rings. The van der Waals surface area contributed by atoms with Crippen LogP contribution in [0.4, 0.5) is 5.69 Å². The zero-order valence-electron chi connectivity index (χ0n) is 11.0. The molecule has 17 heavy (non-hydrogen) atoms. The van der Waals surface area contributed by atoms with Crippen molar-refractivity contribution in [3.63, 3.8) is 0 Å². The van der Waals surface area contributed by atoms with Gasteiger partial charge in [-0.15, -0.1) is 0 Å². The summed E-state index contributed by atoms with van der Waals surface area (Å²) in [6.07, 6.45) is 1.61. The van der Waals surface area contributed by atoms with Crippen LogP contribution in [-0.2, 0) is 6.42 Å². The van der Waals surface area contributed by atoms with Crippen molar-refractivity contribution in [3.05, 3.63) is 23.3 Å². The average Bonchev–Trinajstić information content (AvgIpc) is 2.26. The number of fused-ring (bicyclic) bond motifs is 1.